The molecule has 3 rings (SSSR count). The van der Waals surface area contributed by atoms with Gasteiger partial charge in [0.05, 0.1) is 11.1 Å². The SMILES string of the molecule is C/C=C/CCc1cc(F)c(-c2ccc3cc(C(F)(F)F)ccc3c2)c(F)c1. The maximum absolute atomic E-state index is 14.5. The minimum atomic E-state index is -4.44. The molecule has 3 aromatic rings. The minimum Gasteiger partial charge on any atom is -0.206 e. The van der Waals surface area contributed by atoms with Crippen molar-refractivity contribution in [3.63, 3.8) is 0 Å². The Morgan fingerprint density at radius 1 is 0.852 bits per heavy atom. The highest BCUT2D eigenvalue weighted by Crippen LogP contribution is 2.34. The average molecular weight is 376 g/mol. The highest BCUT2D eigenvalue weighted by molar-refractivity contribution is 5.88. The first kappa shape index (κ1) is 19.1. The maximum Gasteiger partial charge on any atom is 0.416 e. The topological polar surface area (TPSA) is 0 Å². The van der Waals surface area contributed by atoms with Gasteiger partial charge in [0.2, 0.25) is 0 Å². The average Bonchev–Trinajstić information content (AvgIpc) is 2.60. The van der Waals surface area contributed by atoms with E-state index in [1.165, 1.54) is 36.4 Å². The summed E-state index contributed by atoms with van der Waals surface area (Å²) in [7, 11) is 0. The number of halogens is 5. The first-order valence-corrected chi connectivity index (χ1v) is 8.50. The molecule has 0 aliphatic heterocycles. The summed E-state index contributed by atoms with van der Waals surface area (Å²) in [5.41, 5.74) is -0.0862. The number of hydrogen-bond donors (Lipinski definition) is 0. The molecule has 0 aromatic heterocycles. The van der Waals surface area contributed by atoms with E-state index in [0.717, 1.165) is 12.1 Å². The summed E-state index contributed by atoms with van der Waals surface area (Å²) in [5.74, 6) is -1.37. The monoisotopic (exact) mass is 376 g/mol. The molecule has 0 nitrogen and oxygen atoms in total. The van der Waals surface area contributed by atoms with Crippen LogP contribution in [0.4, 0.5) is 22.0 Å². The van der Waals surface area contributed by atoms with Crippen molar-refractivity contribution < 1.29 is 22.0 Å². The van der Waals surface area contributed by atoms with E-state index in [4.69, 9.17) is 0 Å². The second-order valence-electron chi connectivity index (χ2n) is 6.32. The van der Waals surface area contributed by atoms with Crippen molar-refractivity contribution in [2.75, 3.05) is 0 Å². The summed E-state index contributed by atoms with van der Waals surface area (Å²) in [6.45, 7) is 1.88. The number of rotatable bonds is 4. The quantitative estimate of drug-likeness (QED) is 0.331. The van der Waals surface area contributed by atoms with E-state index in [-0.39, 0.29) is 11.1 Å². The first-order valence-electron chi connectivity index (χ1n) is 8.50. The predicted octanol–water partition coefficient (Wildman–Crippen LogP) is 7.31. The van der Waals surface area contributed by atoms with E-state index in [1.807, 2.05) is 19.1 Å². The van der Waals surface area contributed by atoms with Gasteiger partial charge in [0.25, 0.3) is 0 Å². The minimum absolute atomic E-state index is 0.174. The molecule has 0 saturated carbocycles. The molecule has 27 heavy (non-hydrogen) atoms. The molecule has 0 N–H and O–H groups in total. The lowest BCUT2D eigenvalue weighted by Crippen LogP contribution is -2.04. The van der Waals surface area contributed by atoms with Crippen molar-refractivity contribution in [2.45, 2.75) is 25.9 Å². The van der Waals surface area contributed by atoms with Gasteiger partial charge < -0.3 is 0 Å². The molecule has 0 atom stereocenters. The van der Waals surface area contributed by atoms with Crippen molar-refractivity contribution in [2.24, 2.45) is 0 Å². The Hall–Kier alpha value is -2.69. The molecule has 0 heterocycles. The van der Waals surface area contributed by atoms with Crippen LogP contribution in [0.15, 0.2) is 60.7 Å². The smallest absolute Gasteiger partial charge is 0.206 e. The van der Waals surface area contributed by atoms with E-state index in [9.17, 15) is 22.0 Å². The van der Waals surface area contributed by atoms with Crippen molar-refractivity contribution in [1.29, 1.82) is 0 Å². The summed E-state index contributed by atoms with van der Waals surface area (Å²) < 4.78 is 67.5. The normalized spacial score (nSPS) is 12.2. The predicted molar refractivity (Wildman–Crippen MR) is 97.4 cm³/mol. The molecule has 0 bridgehead atoms. The standard InChI is InChI=1S/C22H17F5/c1-2-3-4-5-14-10-19(23)21(20(24)11-14)17-7-6-16-13-18(22(25,26)27)9-8-15(16)12-17/h2-3,6-13H,4-5H2,1H3/b3-2+. The fourth-order valence-electron chi connectivity index (χ4n) is 3.04. The molecule has 5 heteroatoms. The molecular formula is C22H17F5. The number of aryl methyl sites for hydroxylation is 1. The van der Waals surface area contributed by atoms with E-state index in [1.54, 1.807) is 0 Å². The summed E-state index contributed by atoms with van der Waals surface area (Å²) in [4.78, 5) is 0. The summed E-state index contributed by atoms with van der Waals surface area (Å²) in [6.07, 6.45) is 0.569. The second-order valence-corrected chi connectivity index (χ2v) is 6.32. The van der Waals surface area contributed by atoms with E-state index in [0.29, 0.717) is 29.2 Å². The molecule has 3 aromatic carbocycles. The fourth-order valence-corrected chi connectivity index (χ4v) is 3.04. The molecule has 0 aliphatic rings. The van der Waals surface area contributed by atoms with Gasteiger partial charge in [0, 0.05) is 0 Å². The van der Waals surface area contributed by atoms with Crippen LogP contribution in [0.5, 0.6) is 0 Å². The van der Waals surface area contributed by atoms with Crippen LogP contribution in [-0.2, 0) is 12.6 Å². The Balaban J connectivity index is 1.99. The molecule has 0 aliphatic carbocycles. The molecule has 140 valence electrons. The molecule has 0 saturated heterocycles. The van der Waals surface area contributed by atoms with Gasteiger partial charge in [-0.15, -0.1) is 0 Å². The number of hydrogen-bond acceptors (Lipinski definition) is 0. The van der Waals surface area contributed by atoms with Gasteiger partial charge in [-0.2, -0.15) is 13.2 Å². The molecule has 0 fully saturated rings. The van der Waals surface area contributed by atoms with Crippen LogP contribution in [-0.4, -0.2) is 0 Å². The van der Waals surface area contributed by atoms with Crippen LogP contribution in [0, 0.1) is 11.6 Å². The summed E-state index contributed by atoms with van der Waals surface area (Å²) in [6, 6.07) is 10.3. The zero-order valence-corrected chi connectivity index (χ0v) is 14.6. The van der Waals surface area contributed by atoms with E-state index < -0.39 is 23.4 Å². The first-order chi connectivity index (χ1) is 12.8. The van der Waals surface area contributed by atoms with Crippen LogP contribution < -0.4 is 0 Å². The summed E-state index contributed by atoms with van der Waals surface area (Å²) in [5, 5.41) is 0.842. The van der Waals surface area contributed by atoms with Gasteiger partial charge in [0.15, 0.2) is 0 Å². The lowest BCUT2D eigenvalue weighted by atomic mass is 9.97. The van der Waals surface area contributed by atoms with Gasteiger partial charge in [0.1, 0.15) is 11.6 Å². The van der Waals surface area contributed by atoms with Crippen molar-refractivity contribution in [3.8, 4) is 11.1 Å². The van der Waals surface area contributed by atoms with Crippen LogP contribution in [0.25, 0.3) is 21.9 Å². The lowest BCUT2D eigenvalue weighted by molar-refractivity contribution is -0.137. The van der Waals surface area contributed by atoms with Crippen LogP contribution >= 0.6 is 0 Å². The van der Waals surface area contributed by atoms with Gasteiger partial charge in [-0.3, -0.25) is 0 Å². The van der Waals surface area contributed by atoms with Crippen LogP contribution in [0.1, 0.15) is 24.5 Å². The number of alkyl halides is 3. The highest BCUT2D eigenvalue weighted by atomic mass is 19.4. The fraction of sp³-hybridized carbons (Fsp3) is 0.182. The molecule has 0 amide bonds. The van der Waals surface area contributed by atoms with E-state index >= 15 is 0 Å². The molecule has 0 unspecified atom stereocenters. The van der Waals surface area contributed by atoms with Gasteiger partial charge in [-0.05, 0) is 72.0 Å². The third-order valence-corrected chi connectivity index (χ3v) is 4.39. The highest BCUT2D eigenvalue weighted by Gasteiger charge is 2.30. The third kappa shape index (κ3) is 4.18. The van der Waals surface area contributed by atoms with Crippen molar-refractivity contribution in [3.05, 3.63) is 83.4 Å². The molecule has 0 radical (unpaired) electrons. The Morgan fingerprint density at radius 2 is 1.48 bits per heavy atom. The zero-order valence-electron chi connectivity index (χ0n) is 14.6. The Kier molecular flexibility index (Phi) is 5.31. The maximum atomic E-state index is 14.5. The van der Waals surface area contributed by atoms with Crippen molar-refractivity contribution in [1.82, 2.24) is 0 Å². The van der Waals surface area contributed by atoms with Crippen molar-refractivity contribution >= 4 is 10.8 Å². The van der Waals surface area contributed by atoms with Gasteiger partial charge >= 0.3 is 6.18 Å². The van der Waals surface area contributed by atoms with Gasteiger partial charge in [-0.1, -0.05) is 30.4 Å². The third-order valence-electron chi connectivity index (χ3n) is 4.39. The zero-order chi connectivity index (χ0) is 19.6. The van der Waals surface area contributed by atoms with Crippen LogP contribution in [0.2, 0.25) is 0 Å². The van der Waals surface area contributed by atoms with E-state index in [2.05, 4.69) is 0 Å². The Bertz CT molecular complexity index is 976. The number of fused-ring (bicyclic) bond motifs is 1. The largest absolute Gasteiger partial charge is 0.416 e. The second kappa shape index (κ2) is 7.51. The summed E-state index contributed by atoms with van der Waals surface area (Å²) >= 11 is 0. The molecular weight excluding hydrogens is 359 g/mol. The number of allylic oxidation sites excluding steroid dienone is 2. The number of benzene rings is 3. The Labute approximate surface area is 153 Å². The Morgan fingerprint density at radius 3 is 2.11 bits per heavy atom. The van der Waals surface area contributed by atoms with Crippen LogP contribution in [0.3, 0.4) is 0 Å². The molecule has 0 spiro atoms. The van der Waals surface area contributed by atoms with Gasteiger partial charge in [-0.25, -0.2) is 8.78 Å². The lowest BCUT2D eigenvalue weighted by Gasteiger charge is -2.11.